The zero-order chi connectivity index (χ0) is 42.2. The summed E-state index contributed by atoms with van der Waals surface area (Å²) >= 11 is 0. The number of rotatable bonds is 37. The van der Waals surface area contributed by atoms with Gasteiger partial charge in [-0.3, -0.25) is 23.4 Å². The molecule has 0 amide bonds. The van der Waals surface area contributed by atoms with Gasteiger partial charge in [0, 0.05) is 18.8 Å². The molecule has 0 fully saturated rings. The van der Waals surface area contributed by atoms with Crippen LogP contribution < -0.4 is 0 Å². The second-order valence-corrected chi connectivity index (χ2v) is 17.3. The van der Waals surface area contributed by atoms with Crippen molar-refractivity contribution in [3.63, 3.8) is 0 Å². The number of hydrogen-bond acceptors (Lipinski definition) is 11. The Morgan fingerprint density at radius 3 is 2.02 bits per heavy atom. The van der Waals surface area contributed by atoms with Gasteiger partial charge < -0.3 is 29.7 Å². The molecule has 1 rings (SSSR count). The average molecular weight is 829 g/mol. The third-order valence-electron chi connectivity index (χ3n) is 9.97. The molecule has 0 saturated heterocycles. The Balaban J connectivity index is 2.43. The summed E-state index contributed by atoms with van der Waals surface area (Å²) in [6.07, 6.45) is 28.9. The summed E-state index contributed by atoms with van der Waals surface area (Å²) < 4.78 is 32.7. The van der Waals surface area contributed by atoms with Gasteiger partial charge in [0.15, 0.2) is 11.9 Å². The van der Waals surface area contributed by atoms with Crippen molar-refractivity contribution < 1.29 is 57.7 Å². The van der Waals surface area contributed by atoms with Gasteiger partial charge in [-0.05, 0) is 50.0 Å². The zero-order valence-corrected chi connectivity index (χ0v) is 36.2. The highest BCUT2D eigenvalue weighted by Crippen LogP contribution is 2.43. The van der Waals surface area contributed by atoms with Crippen molar-refractivity contribution in [3.05, 3.63) is 36.5 Å². The van der Waals surface area contributed by atoms with Crippen LogP contribution in [0.25, 0.3) is 0 Å². The second-order valence-electron chi connectivity index (χ2n) is 15.9. The number of ether oxygens (including phenoxy) is 2. The van der Waals surface area contributed by atoms with E-state index in [2.05, 4.69) is 25.3 Å². The number of phosphoric acid groups is 1. The molecule has 0 aliphatic heterocycles. The number of aliphatic hydroxyl groups is 3. The molecule has 1 aliphatic rings. The molecule has 0 aromatic carbocycles. The van der Waals surface area contributed by atoms with E-state index in [1.165, 1.54) is 57.8 Å². The first-order valence-electron chi connectivity index (χ1n) is 21.9. The van der Waals surface area contributed by atoms with Crippen molar-refractivity contribution in [2.75, 3.05) is 26.4 Å². The van der Waals surface area contributed by atoms with Gasteiger partial charge >= 0.3 is 19.8 Å². The van der Waals surface area contributed by atoms with Crippen molar-refractivity contribution in [3.8, 4) is 0 Å². The highest BCUT2D eigenvalue weighted by Gasteiger charge is 2.28. The Morgan fingerprint density at radius 2 is 1.39 bits per heavy atom. The summed E-state index contributed by atoms with van der Waals surface area (Å²) in [6.45, 7) is 4.37. The van der Waals surface area contributed by atoms with Gasteiger partial charge in [0.1, 0.15) is 12.7 Å². The predicted octanol–water partition coefficient (Wildman–Crippen LogP) is 9.03. The van der Waals surface area contributed by atoms with E-state index < -0.39 is 57.9 Å². The lowest BCUT2D eigenvalue weighted by atomic mass is 9.90. The maximum Gasteiger partial charge on any atom is 0.472 e. The van der Waals surface area contributed by atoms with E-state index in [0.717, 1.165) is 44.4 Å². The fraction of sp³-hybridized carbons (Fsp3) is 0.795. The lowest BCUT2D eigenvalue weighted by molar-refractivity contribution is -0.161. The molecule has 57 heavy (non-hydrogen) atoms. The van der Waals surface area contributed by atoms with Gasteiger partial charge in [0.25, 0.3) is 0 Å². The van der Waals surface area contributed by atoms with Crippen molar-refractivity contribution in [2.45, 2.75) is 180 Å². The van der Waals surface area contributed by atoms with E-state index >= 15 is 0 Å². The van der Waals surface area contributed by atoms with Crippen molar-refractivity contribution in [2.24, 2.45) is 17.8 Å². The summed E-state index contributed by atoms with van der Waals surface area (Å²) in [5, 5.41) is 28.6. The van der Waals surface area contributed by atoms with Crippen molar-refractivity contribution in [1.82, 2.24) is 0 Å². The second kappa shape index (κ2) is 33.6. The fourth-order valence-corrected chi connectivity index (χ4v) is 7.25. The topological polar surface area (TPSA) is 186 Å². The smallest absolute Gasteiger partial charge is 0.462 e. The van der Waals surface area contributed by atoms with Crippen LogP contribution in [0, 0.1) is 17.8 Å². The van der Waals surface area contributed by atoms with Gasteiger partial charge in [0.05, 0.1) is 25.9 Å². The van der Waals surface area contributed by atoms with E-state index in [0.29, 0.717) is 32.1 Å². The molecule has 0 heterocycles. The summed E-state index contributed by atoms with van der Waals surface area (Å²) in [6, 6.07) is 0. The molecule has 0 aromatic rings. The Bertz CT molecular complexity index is 1200. The number of esters is 2. The SMILES string of the molecule is CCCCC[C@H](O)/C=C/[C@H]1C(=O)C=C[C@@H]1C/C=C\CCCC(=O)OC[C@H](COP(=O)(O)OC[C@@H](O)CO)OC(=O)CCCCCCCCCCCCCCC(C)C. The first-order valence-corrected chi connectivity index (χ1v) is 23.4. The molecule has 0 bridgehead atoms. The van der Waals surface area contributed by atoms with Crippen LogP contribution in [0.5, 0.6) is 0 Å². The molecule has 0 saturated carbocycles. The number of phosphoric ester groups is 1. The molecule has 0 aromatic heterocycles. The summed E-state index contributed by atoms with van der Waals surface area (Å²) in [7, 11) is -4.67. The maximum atomic E-state index is 12.6. The van der Waals surface area contributed by atoms with Gasteiger partial charge in [-0.15, -0.1) is 0 Å². The maximum absolute atomic E-state index is 12.6. The number of ketones is 1. The van der Waals surface area contributed by atoms with E-state index in [4.69, 9.17) is 19.1 Å². The largest absolute Gasteiger partial charge is 0.472 e. The van der Waals surface area contributed by atoms with E-state index in [-0.39, 0.29) is 37.1 Å². The number of hydrogen-bond donors (Lipinski definition) is 4. The standard InChI is InChI=1S/C44H77O12P/c1-4-5-18-25-38(46)29-30-41-37(28-31-42(41)48)24-20-16-17-21-26-43(49)53-34-40(35-55-57(51,52)54-33-39(47)32-45)56-44(50)27-22-15-13-11-9-7-6-8-10-12-14-19-23-36(2)3/h16,20,28-31,36-41,45-47H,4-15,17-19,21-27,32-35H2,1-3H3,(H,51,52)/b20-16-,30-29+/t37-,38-,39-,40+,41+/m0/s1. The monoisotopic (exact) mass is 829 g/mol. The van der Waals surface area contributed by atoms with Gasteiger partial charge in [-0.2, -0.15) is 0 Å². The number of carbonyl (C=O) groups excluding carboxylic acids is 3. The number of unbranched alkanes of at least 4 members (excludes halogenated alkanes) is 14. The summed E-state index contributed by atoms with van der Waals surface area (Å²) in [5.41, 5.74) is 0. The van der Waals surface area contributed by atoms with Gasteiger partial charge in [0.2, 0.25) is 0 Å². The molecule has 4 N–H and O–H groups in total. The number of aliphatic hydroxyl groups excluding tert-OH is 3. The predicted molar refractivity (Wildman–Crippen MR) is 223 cm³/mol. The number of carbonyl (C=O) groups is 3. The van der Waals surface area contributed by atoms with Gasteiger partial charge in [-0.1, -0.05) is 147 Å². The van der Waals surface area contributed by atoms with Crippen LogP contribution in [0.1, 0.15) is 162 Å². The third kappa shape index (κ3) is 29.6. The van der Waals surface area contributed by atoms with Crippen LogP contribution in [0.2, 0.25) is 0 Å². The molecule has 13 heteroatoms. The van der Waals surface area contributed by atoms with Crippen molar-refractivity contribution in [1.29, 1.82) is 0 Å². The highest BCUT2D eigenvalue weighted by molar-refractivity contribution is 7.47. The lowest BCUT2D eigenvalue weighted by Crippen LogP contribution is -2.29. The molecule has 12 nitrogen and oxygen atoms in total. The molecule has 0 radical (unpaired) electrons. The Morgan fingerprint density at radius 1 is 0.789 bits per heavy atom. The number of allylic oxidation sites excluding steroid dienone is 5. The van der Waals surface area contributed by atoms with Crippen LogP contribution in [0.4, 0.5) is 0 Å². The van der Waals surface area contributed by atoms with Crippen LogP contribution in [-0.4, -0.2) is 82.7 Å². The summed E-state index contributed by atoms with van der Waals surface area (Å²) in [5.74, 6) is -0.532. The Hall–Kier alpha value is -2.18. The molecule has 1 unspecified atom stereocenters. The molecule has 6 atom stereocenters. The average Bonchev–Trinajstić information content (AvgIpc) is 3.53. The van der Waals surface area contributed by atoms with Crippen LogP contribution in [-0.2, 0) is 37.5 Å². The van der Waals surface area contributed by atoms with E-state index in [1.807, 2.05) is 24.3 Å². The quantitative estimate of drug-likeness (QED) is 0.0202. The van der Waals surface area contributed by atoms with Crippen LogP contribution in [0.3, 0.4) is 0 Å². The van der Waals surface area contributed by atoms with Crippen molar-refractivity contribution >= 4 is 25.5 Å². The van der Waals surface area contributed by atoms with E-state index in [1.54, 1.807) is 12.2 Å². The lowest BCUT2D eigenvalue weighted by Gasteiger charge is -2.20. The Labute approximate surface area is 343 Å². The molecular weight excluding hydrogens is 751 g/mol. The van der Waals surface area contributed by atoms with Crippen LogP contribution >= 0.6 is 7.82 Å². The van der Waals surface area contributed by atoms with Crippen LogP contribution in [0.15, 0.2) is 36.5 Å². The summed E-state index contributed by atoms with van der Waals surface area (Å²) in [4.78, 5) is 47.5. The van der Waals surface area contributed by atoms with Gasteiger partial charge in [-0.25, -0.2) is 4.57 Å². The first-order chi connectivity index (χ1) is 27.4. The first kappa shape index (κ1) is 52.8. The molecule has 1 aliphatic carbocycles. The molecule has 0 spiro atoms. The normalized spacial score (nSPS) is 18.4. The molecule has 330 valence electrons. The zero-order valence-electron chi connectivity index (χ0n) is 35.3. The minimum absolute atomic E-state index is 0.0118. The fourth-order valence-electron chi connectivity index (χ4n) is 6.46. The third-order valence-corrected chi connectivity index (χ3v) is 10.9. The molecular formula is C44H77O12P. The highest BCUT2D eigenvalue weighted by atomic mass is 31.2. The van der Waals surface area contributed by atoms with E-state index in [9.17, 15) is 34.1 Å². The minimum Gasteiger partial charge on any atom is -0.462 e. The Kier molecular flexibility index (Phi) is 31.2. The minimum atomic E-state index is -4.67.